The molecular formula is C14H20N2O3. The molecule has 0 aliphatic carbocycles. The third-order valence-corrected chi connectivity index (χ3v) is 3.02. The number of hydrogen-bond acceptors (Lipinski definition) is 3. The lowest BCUT2D eigenvalue weighted by molar-refractivity contribution is -0.385. The predicted octanol–water partition coefficient (Wildman–Crippen LogP) is 2.70. The molecular weight excluding hydrogens is 244 g/mol. The van der Waals surface area contributed by atoms with Crippen LogP contribution in [0.1, 0.15) is 44.7 Å². The lowest BCUT2D eigenvalue weighted by Gasteiger charge is -2.19. The van der Waals surface area contributed by atoms with Crippen LogP contribution in [0.4, 0.5) is 5.69 Å². The van der Waals surface area contributed by atoms with Crippen LogP contribution in [0.15, 0.2) is 18.2 Å². The number of carbonyl (C=O) groups excluding carboxylic acids is 1. The van der Waals surface area contributed by atoms with Gasteiger partial charge in [0.25, 0.3) is 5.69 Å². The molecule has 5 nitrogen and oxygen atoms in total. The summed E-state index contributed by atoms with van der Waals surface area (Å²) in [6.07, 6.45) is 1.27. The average Bonchev–Trinajstić information content (AvgIpc) is 2.27. The van der Waals surface area contributed by atoms with Gasteiger partial charge in [-0.25, -0.2) is 0 Å². The summed E-state index contributed by atoms with van der Waals surface area (Å²) in [6, 6.07) is 5.31. The van der Waals surface area contributed by atoms with E-state index in [9.17, 15) is 14.9 Å². The average molecular weight is 264 g/mol. The van der Waals surface area contributed by atoms with E-state index in [1.165, 1.54) is 0 Å². The number of nitrogens with two attached hydrogens (primary N) is 1. The summed E-state index contributed by atoms with van der Waals surface area (Å²) in [5, 5.41) is 11.1. The topological polar surface area (TPSA) is 86.2 Å². The van der Waals surface area contributed by atoms with Gasteiger partial charge in [-0.15, -0.1) is 0 Å². The largest absolute Gasteiger partial charge is 0.370 e. The Labute approximate surface area is 113 Å². The first-order chi connectivity index (χ1) is 8.71. The number of benzene rings is 1. The van der Waals surface area contributed by atoms with Gasteiger partial charge in [-0.3, -0.25) is 14.9 Å². The Morgan fingerprint density at radius 3 is 2.47 bits per heavy atom. The smallest absolute Gasteiger partial charge is 0.272 e. The molecule has 0 radical (unpaired) electrons. The minimum absolute atomic E-state index is 0.122. The van der Waals surface area contributed by atoms with Gasteiger partial charge in [0.1, 0.15) is 0 Å². The van der Waals surface area contributed by atoms with Crippen molar-refractivity contribution in [3.05, 3.63) is 39.4 Å². The standard InChI is InChI=1S/C14H20N2O3/c1-14(2,3)11-8-7-10(5-4-6-13(15)17)12(9-11)16(18)19/h7-9H,4-6H2,1-3H3,(H2,15,17). The number of nitro benzene ring substituents is 1. The molecule has 1 rings (SSSR count). The lowest BCUT2D eigenvalue weighted by Crippen LogP contribution is -2.12. The third-order valence-electron chi connectivity index (χ3n) is 3.02. The van der Waals surface area contributed by atoms with Crippen LogP contribution in [-0.4, -0.2) is 10.8 Å². The highest BCUT2D eigenvalue weighted by molar-refractivity contribution is 5.73. The van der Waals surface area contributed by atoms with Gasteiger partial charge in [0.2, 0.25) is 5.91 Å². The zero-order valence-electron chi connectivity index (χ0n) is 11.6. The van der Waals surface area contributed by atoms with Crippen LogP contribution in [0.25, 0.3) is 0 Å². The molecule has 0 aliphatic rings. The summed E-state index contributed by atoms with van der Waals surface area (Å²) >= 11 is 0. The molecule has 0 fully saturated rings. The molecule has 5 heteroatoms. The van der Waals surface area contributed by atoms with Crippen molar-refractivity contribution in [2.24, 2.45) is 5.73 Å². The Balaban J connectivity index is 2.99. The van der Waals surface area contributed by atoms with E-state index in [0.29, 0.717) is 18.4 Å². The minimum Gasteiger partial charge on any atom is -0.370 e. The number of rotatable bonds is 5. The molecule has 2 N–H and O–H groups in total. The van der Waals surface area contributed by atoms with Crippen molar-refractivity contribution >= 4 is 11.6 Å². The Morgan fingerprint density at radius 2 is 2.00 bits per heavy atom. The number of hydrogen-bond donors (Lipinski definition) is 1. The Kier molecular flexibility index (Phi) is 4.64. The summed E-state index contributed by atoms with van der Waals surface area (Å²) in [6.45, 7) is 6.04. The number of primary amides is 1. The predicted molar refractivity (Wildman–Crippen MR) is 73.9 cm³/mol. The van der Waals surface area contributed by atoms with E-state index in [4.69, 9.17) is 5.73 Å². The fourth-order valence-electron chi connectivity index (χ4n) is 1.86. The molecule has 19 heavy (non-hydrogen) atoms. The van der Waals surface area contributed by atoms with Crippen LogP contribution >= 0.6 is 0 Å². The Hall–Kier alpha value is -1.91. The van der Waals surface area contributed by atoms with E-state index >= 15 is 0 Å². The van der Waals surface area contributed by atoms with Gasteiger partial charge in [0.15, 0.2) is 0 Å². The molecule has 104 valence electrons. The molecule has 0 aliphatic heterocycles. The molecule has 0 saturated carbocycles. The summed E-state index contributed by atoms with van der Waals surface area (Å²) in [7, 11) is 0. The maximum absolute atomic E-state index is 11.1. The van der Waals surface area contributed by atoms with E-state index in [0.717, 1.165) is 5.56 Å². The lowest BCUT2D eigenvalue weighted by atomic mass is 9.86. The van der Waals surface area contributed by atoms with Crippen molar-refractivity contribution < 1.29 is 9.72 Å². The zero-order valence-corrected chi connectivity index (χ0v) is 11.6. The van der Waals surface area contributed by atoms with Crippen molar-refractivity contribution in [2.75, 3.05) is 0 Å². The second-order valence-corrected chi connectivity index (χ2v) is 5.67. The van der Waals surface area contributed by atoms with E-state index in [1.807, 2.05) is 26.8 Å². The highest BCUT2D eigenvalue weighted by atomic mass is 16.6. The fraction of sp³-hybridized carbons (Fsp3) is 0.500. The second-order valence-electron chi connectivity index (χ2n) is 5.67. The van der Waals surface area contributed by atoms with Crippen LogP contribution in [0.3, 0.4) is 0 Å². The Bertz CT molecular complexity index is 490. The minimum atomic E-state index is -0.381. The molecule has 0 unspecified atom stereocenters. The van der Waals surface area contributed by atoms with Crippen LogP contribution in [0.5, 0.6) is 0 Å². The second kappa shape index (κ2) is 5.82. The maximum atomic E-state index is 11.1. The normalized spacial score (nSPS) is 11.3. The number of amides is 1. The molecule has 1 aromatic carbocycles. The van der Waals surface area contributed by atoms with Crippen LogP contribution in [0, 0.1) is 10.1 Å². The number of aryl methyl sites for hydroxylation is 1. The van der Waals surface area contributed by atoms with Crippen LogP contribution in [0.2, 0.25) is 0 Å². The number of carbonyl (C=O) groups is 1. The number of nitro groups is 1. The summed E-state index contributed by atoms with van der Waals surface area (Å²) in [5.41, 5.74) is 6.64. The van der Waals surface area contributed by atoms with Crippen molar-refractivity contribution in [3.8, 4) is 0 Å². The molecule has 0 aromatic heterocycles. The summed E-state index contributed by atoms with van der Waals surface area (Å²) in [4.78, 5) is 21.4. The third kappa shape index (κ3) is 4.35. The van der Waals surface area contributed by atoms with Gasteiger partial charge in [-0.1, -0.05) is 32.9 Å². The van der Waals surface area contributed by atoms with Crippen molar-refractivity contribution in [3.63, 3.8) is 0 Å². The SMILES string of the molecule is CC(C)(C)c1ccc(CCCC(N)=O)c([N+](=O)[O-])c1. The van der Waals surface area contributed by atoms with Crippen molar-refractivity contribution in [1.82, 2.24) is 0 Å². The van der Waals surface area contributed by atoms with Gasteiger partial charge < -0.3 is 5.73 Å². The zero-order chi connectivity index (χ0) is 14.6. The van der Waals surface area contributed by atoms with Gasteiger partial charge in [0.05, 0.1) is 4.92 Å². The van der Waals surface area contributed by atoms with Gasteiger partial charge >= 0.3 is 0 Å². The fourth-order valence-corrected chi connectivity index (χ4v) is 1.86. The molecule has 0 bridgehead atoms. The van der Waals surface area contributed by atoms with Crippen molar-refractivity contribution in [2.45, 2.75) is 45.4 Å². The highest BCUT2D eigenvalue weighted by Gasteiger charge is 2.20. The van der Waals surface area contributed by atoms with Crippen molar-refractivity contribution in [1.29, 1.82) is 0 Å². The van der Waals surface area contributed by atoms with E-state index < -0.39 is 0 Å². The molecule has 0 atom stereocenters. The van der Waals surface area contributed by atoms with Crippen LogP contribution in [-0.2, 0) is 16.6 Å². The van der Waals surface area contributed by atoms with Crippen LogP contribution < -0.4 is 5.73 Å². The molecule has 0 saturated heterocycles. The number of nitrogens with zero attached hydrogens (tertiary/aromatic N) is 1. The van der Waals surface area contributed by atoms with Gasteiger partial charge in [0, 0.05) is 18.1 Å². The highest BCUT2D eigenvalue weighted by Crippen LogP contribution is 2.29. The quantitative estimate of drug-likeness (QED) is 0.655. The molecule has 1 aromatic rings. The first-order valence-corrected chi connectivity index (χ1v) is 6.28. The monoisotopic (exact) mass is 264 g/mol. The molecule has 0 heterocycles. The summed E-state index contributed by atoms with van der Waals surface area (Å²) < 4.78 is 0. The molecule has 1 amide bonds. The van der Waals surface area contributed by atoms with E-state index in [-0.39, 0.29) is 28.4 Å². The van der Waals surface area contributed by atoms with E-state index in [2.05, 4.69) is 0 Å². The Morgan fingerprint density at radius 1 is 1.37 bits per heavy atom. The van der Waals surface area contributed by atoms with E-state index in [1.54, 1.807) is 12.1 Å². The maximum Gasteiger partial charge on any atom is 0.272 e. The van der Waals surface area contributed by atoms with Gasteiger partial charge in [-0.05, 0) is 23.8 Å². The van der Waals surface area contributed by atoms with Gasteiger partial charge in [-0.2, -0.15) is 0 Å². The first kappa shape index (κ1) is 15.1. The molecule has 0 spiro atoms. The first-order valence-electron chi connectivity index (χ1n) is 6.28. The summed E-state index contributed by atoms with van der Waals surface area (Å²) in [5.74, 6) is -0.381.